The van der Waals surface area contributed by atoms with Gasteiger partial charge < -0.3 is 15.5 Å². The summed E-state index contributed by atoms with van der Waals surface area (Å²) in [5.74, 6) is 0.373. The molecule has 1 amide bonds. The minimum atomic E-state index is 0.0821. The fraction of sp³-hybridized carbons (Fsp3) is 0.933. The number of carbonyl (C=O) groups is 1. The van der Waals surface area contributed by atoms with Crippen LogP contribution in [0.4, 0.5) is 0 Å². The Kier molecular flexibility index (Phi) is 5.22. The number of hydrogen-bond acceptors (Lipinski definition) is 3. The minimum Gasteiger partial charge on any atom is -0.342 e. The van der Waals surface area contributed by atoms with Crippen molar-refractivity contribution in [1.29, 1.82) is 0 Å². The van der Waals surface area contributed by atoms with Crippen molar-refractivity contribution in [2.45, 2.75) is 57.5 Å². The maximum atomic E-state index is 12.5. The third-order valence-electron chi connectivity index (χ3n) is 4.88. The van der Waals surface area contributed by atoms with E-state index in [9.17, 15) is 4.79 Å². The van der Waals surface area contributed by atoms with E-state index in [2.05, 4.69) is 11.8 Å². The average Bonchev–Trinajstić information content (AvgIpc) is 2.84. The van der Waals surface area contributed by atoms with E-state index in [0.29, 0.717) is 11.9 Å². The molecule has 0 spiro atoms. The molecule has 4 nitrogen and oxygen atoms in total. The summed E-state index contributed by atoms with van der Waals surface area (Å²) in [6, 6.07) is 0.517. The molecule has 1 saturated heterocycles. The fourth-order valence-electron chi connectivity index (χ4n) is 3.58. The quantitative estimate of drug-likeness (QED) is 0.838. The van der Waals surface area contributed by atoms with Gasteiger partial charge in [-0.1, -0.05) is 13.3 Å². The topological polar surface area (TPSA) is 49.6 Å². The molecule has 1 saturated carbocycles. The van der Waals surface area contributed by atoms with E-state index in [-0.39, 0.29) is 12.0 Å². The summed E-state index contributed by atoms with van der Waals surface area (Å²) in [5, 5.41) is 0. The lowest BCUT2D eigenvalue weighted by atomic mass is 9.98. The van der Waals surface area contributed by atoms with Gasteiger partial charge in [-0.05, 0) is 38.6 Å². The number of carbonyl (C=O) groups excluding carboxylic acids is 1. The van der Waals surface area contributed by atoms with Crippen LogP contribution in [0.1, 0.15) is 45.4 Å². The van der Waals surface area contributed by atoms with Crippen LogP contribution in [0.3, 0.4) is 0 Å². The Labute approximate surface area is 117 Å². The molecule has 2 fully saturated rings. The van der Waals surface area contributed by atoms with Crippen molar-refractivity contribution in [3.8, 4) is 0 Å². The molecule has 2 N–H and O–H groups in total. The SMILES string of the molecule is CCCN1CCC(N(C)C(=O)C2CCCC2N)CC1. The van der Waals surface area contributed by atoms with Crippen molar-refractivity contribution >= 4 is 5.91 Å². The van der Waals surface area contributed by atoms with Crippen molar-refractivity contribution in [3.05, 3.63) is 0 Å². The summed E-state index contributed by atoms with van der Waals surface area (Å²) in [4.78, 5) is 17.0. The molecule has 1 heterocycles. The first kappa shape index (κ1) is 14.8. The van der Waals surface area contributed by atoms with Gasteiger partial charge >= 0.3 is 0 Å². The predicted molar refractivity (Wildman–Crippen MR) is 77.8 cm³/mol. The minimum absolute atomic E-state index is 0.0821. The van der Waals surface area contributed by atoms with Gasteiger partial charge in [0.1, 0.15) is 0 Å². The second-order valence-electron chi connectivity index (χ2n) is 6.22. The maximum Gasteiger partial charge on any atom is 0.227 e. The van der Waals surface area contributed by atoms with Crippen LogP contribution in [0.15, 0.2) is 0 Å². The normalized spacial score (nSPS) is 29.6. The van der Waals surface area contributed by atoms with E-state index in [1.165, 1.54) is 13.0 Å². The Hall–Kier alpha value is -0.610. The number of nitrogens with zero attached hydrogens (tertiary/aromatic N) is 2. The third kappa shape index (κ3) is 3.48. The van der Waals surface area contributed by atoms with Crippen molar-refractivity contribution in [3.63, 3.8) is 0 Å². The molecule has 2 rings (SSSR count). The number of piperidine rings is 1. The fourth-order valence-corrected chi connectivity index (χ4v) is 3.58. The van der Waals surface area contributed by atoms with Gasteiger partial charge in [0, 0.05) is 32.2 Å². The molecule has 1 aliphatic carbocycles. The second-order valence-corrected chi connectivity index (χ2v) is 6.22. The number of nitrogens with two attached hydrogens (primary N) is 1. The molecule has 1 aliphatic heterocycles. The number of likely N-dealkylation sites (tertiary alicyclic amines) is 1. The maximum absolute atomic E-state index is 12.5. The van der Waals surface area contributed by atoms with E-state index < -0.39 is 0 Å². The van der Waals surface area contributed by atoms with Gasteiger partial charge in [0.25, 0.3) is 0 Å². The zero-order valence-electron chi connectivity index (χ0n) is 12.5. The van der Waals surface area contributed by atoms with Crippen LogP contribution in [0.2, 0.25) is 0 Å². The molecule has 2 unspecified atom stereocenters. The zero-order valence-corrected chi connectivity index (χ0v) is 12.5. The summed E-state index contributed by atoms with van der Waals surface area (Å²) in [7, 11) is 1.98. The highest BCUT2D eigenvalue weighted by Crippen LogP contribution is 2.27. The van der Waals surface area contributed by atoms with Crippen LogP contribution in [0.25, 0.3) is 0 Å². The van der Waals surface area contributed by atoms with Crippen molar-refractivity contribution in [1.82, 2.24) is 9.80 Å². The largest absolute Gasteiger partial charge is 0.342 e. The van der Waals surface area contributed by atoms with E-state index >= 15 is 0 Å². The lowest BCUT2D eigenvalue weighted by Gasteiger charge is -2.38. The predicted octanol–water partition coefficient (Wildman–Crippen LogP) is 1.45. The van der Waals surface area contributed by atoms with E-state index in [1.54, 1.807) is 0 Å². The van der Waals surface area contributed by atoms with E-state index in [1.807, 2.05) is 11.9 Å². The molecule has 0 radical (unpaired) electrons. The lowest BCUT2D eigenvalue weighted by molar-refractivity contribution is -0.137. The summed E-state index contributed by atoms with van der Waals surface area (Å²) >= 11 is 0. The Balaban J connectivity index is 1.83. The van der Waals surface area contributed by atoms with E-state index in [4.69, 9.17) is 5.73 Å². The van der Waals surface area contributed by atoms with Gasteiger partial charge in [0.15, 0.2) is 0 Å². The molecule has 4 heteroatoms. The molecule has 19 heavy (non-hydrogen) atoms. The molecule has 0 aromatic carbocycles. The molecular weight excluding hydrogens is 238 g/mol. The average molecular weight is 267 g/mol. The van der Waals surface area contributed by atoms with Gasteiger partial charge in [-0.15, -0.1) is 0 Å². The first-order chi connectivity index (χ1) is 9.13. The van der Waals surface area contributed by atoms with Crippen LogP contribution in [0.5, 0.6) is 0 Å². The number of rotatable bonds is 4. The number of amides is 1. The van der Waals surface area contributed by atoms with Crippen LogP contribution < -0.4 is 5.73 Å². The molecular formula is C15H29N3O. The van der Waals surface area contributed by atoms with E-state index in [0.717, 1.165) is 45.2 Å². The molecule has 2 aliphatic rings. The first-order valence-corrected chi connectivity index (χ1v) is 7.88. The summed E-state index contributed by atoms with van der Waals surface area (Å²) in [6.45, 7) is 5.68. The number of hydrogen-bond donors (Lipinski definition) is 1. The van der Waals surface area contributed by atoms with Crippen molar-refractivity contribution in [2.24, 2.45) is 11.7 Å². The van der Waals surface area contributed by atoms with Gasteiger partial charge in [0.2, 0.25) is 5.91 Å². The van der Waals surface area contributed by atoms with Crippen LogP contribution >= 0.6 is 0 Å². The van der Waals surface area contributed by atoms with Crippen LogP contribution in [0, 0.1) is 5.92 Å². The smallest absolute Gasteiger partial charge is 0.227 e. The van der Waals surface area contributed by atoms with Gasteiger partial charge in [0.05, 0.1) is 5.92 Å². The van der Waals surface area contributed by atoms with Gasteiger partial charge in [-0.3, -0.25) is 4.79 Å². The monoisotopic (exact) mass is 267 g/mol. The summed E-state index contributed by atoms with van der Waals surface area (Å²) in [6.07, 6.45) is 6.56. The molecule has 0 bridgehead atoms. The highest BCUT2D eigenvalue weighted by molar-refractivity contribution is 5.80. The Morgan fingerprint density at radius 1 is 1.26 bits per heavy atom. The Bertz CT molecular complexity index is 300. The molecule has 2 atom stereocenters. The van der Waals surface area contributed by atoms with Crippen LogP contribution in [-0.2, 0) is 4.79 Å². The molecule has 0 aromatic rings. The van der Waals surface area contributed by atoms with Crippen LogP contribution in [-0.4, -0.2) is 54.5 Å². The van der Waals surface area contributed by atoms with Gasteiger partial charge in [-0.25, -0.2) is 0 Å². The molecule has 0 aromatic heterocycles. The summed E-state index contributed by atoms with van der Waals surface area (Å²) in [5.41, 5.74) is 6.05. The highest BCUT2D eigenvalue weighted by Gasteiger charge is 2.35. The second kappa shape index (κ2) is 6.71. The zero-order chi connectivity index (χ0) is 13.8. The summed E-state index contributed by atoms with van der Waals surface area (Å²) < 4.78 is 0. The molecule has 110 valence electrons. The highest BCUT2D eigenvalue weighted by atomic mass is 16.2. The van der Waals surface area contributed by atoms with Crippen molar-refractivity contribution < 1.29 is 4.79 Å². The Morgan fingerprint density at radius 2 is 1.95 bits per heavy atom. The third-order valence-corrected chi connectivity index (χ3v) is 4.88. The first-order valence-electron chi connectivity index (χ1n) is 7.88. The lowest BCUT2D eigenvalue weighted by Crippen LogP contribution is -2.49. The van der Waals surface area contributed by atoms with Gasteiger partial charge in [-0.2, -0.15) is 0 Å². The van der Waals surface area contributed by atoms with Crippen molar-refractivity contribution in [2.75, 3.05) is 26.7 Å². The Morgan fingerprint density at radius 3 is 2.47 bits per heavy atom. The standard InChI is InChI=1S/C15H29N3O/c1-3-9-18-10-7-12(8-11-18)17(2)15(19)13-5-4-6-14(13)16/h12-14H,3-11,16H2,1-2H3.